The maximum atomic E-state index is 13.7. The van der Waals surface area contributed by atoms with Crippen molar-refractivity contribution >= 4 is 33.2 Å². The summed E-state index contributed by atoms with van der Waals surface area (Å²) in [6, 6.07) is 27.6. The molecular formula is C32H33N3O6S. The van der Waals surface area contributed by atoms with Crippen molar-refractivity contribution in [3.63, 3.8) is 0 Å². The molecule has 0 aromatic heterocycles. The van der Waals surface area contributed by atoms with Crippen LogP contribution in [-0.4, -0.2) is 54.6 Å². The van der Waals surface area contributed by atoms with Crippen molar-refractivity contribution < 1.29 is 27.5 Å². The number of carbonyl (C=O) groups excluding carboxylic acids is 2. The molecule has 0 fully saturated rings. The number of ether oxygens (including phenoxy) is 2. The highest BCUT2D eigenvalue weighted by molar-refractivity contribution is 7.89. The zero-order valence-electron chi connectivity index (χ0n) is 23.9. The summed E-state index contributed by atoms with van der Waals surface area (Å²) in [5, 5.41) is 0. The second-order valence-electron chi connectivity index (χ2n) is 9.55. The van der Waals surface area contributed by atoms with Crippen molar-refractivity contribution in [3.8, 4) is 11.5 Å². The number of nitrogens with one attached hydrogen (secondary N) is 1. The van der Waals surface area contributed by atoms with E-state index in [1.54, 1.807) is 82.9 Å². The number of sulfonamides is 1. The molecule has 0 spiro atoms. The topological polar surface area (TPSA) is 105 Å². The van der Waals surface area contributed by atoms with Gasteiger partial charge in [-0.1, -0.05) is 36.4 Å². The quantitative estimate of drug-likeness (QED) is 0.277. The average Bonchev–Trinajstić information content (AvgIpc) is 3.03. The Kier molecular flexibility index (Phi) is 9.61. The molecular weight excluding hydrogens is 554 g/mol. The molecule has 0 aliphatic rings. The van der Waals surface area contributed by atoms with E-state index in [2.05, 4.69) is 4.72 Å². The lowest BCUT2D eigenvalue weighted by atomic mass is 10.1. The summed E-state index contributed by atoms with van der Waals surface area (Å²) in [5.74, 6) is 0.441. The van der Waals surface area contributed by atoms with E-state index in [4.69, 9.17) is 9.47 Å². The highest BCUT2D eigenvalue weighted by Crippen LogP contribution is 2.23. The summed E-state index contributed by atoms with van der Waals surface area (Å²) in [7, 11) is 2.09. The molecule has 0 aliphatic carbocycles. The molecule has 0 saturated heterocycles. The van der Waals surface area contributed by atoms with E-state index >= 15 is 0 Å². The fourth-order valence-corrected chi connectivity index (χ4v) is 5.60. The van der Waals surface area contributed by atoms with Gasteiger partial charge in [-0.3, -0.25) is 9.59 Å². The summed E-state index contributed by atoms with van der Waals surface area (Å²) < 4.78 is 40.2. The molecule has 0 heterocycles. The zero-order chi connectivity index (χ0) is 30.3. The Balaban J connectivity index is 1.60. The Labute approximate surface area is 246 Å². The Morgan fingerprint density at radius 2 is 1.29 bits per heavy atom. The number of likely N-dealkylation sites (N-methyl/N-ethyl adjacent to an activating group) is 1. The standard InChI is InChI=1S/C32H33N3O6S/c1-34(25-13-17-27(40-3)18-14-25)31(36)24-11-8-12-29(22-24)42(38,39)33-30(21-23-9-6-5-7-10-23)32(37)35(2)26-15-19-28(41-4)20-16-26/h5-20,22,30,33H,21H2,1-4H3/t30-/m0/s1. The first-order chi connectivity index (χ1) is 20.1. The number of methoxy groups -OCH3 is 2. The van der Waals surface area contributed by atoms with Gasteiger partial charge in [0.25, 0.3) is 5.91 Å². The molecule has 10 heteroatoms. The predicted octanol–water partition coefficient (Wildman–Crippen LogP) is 4.53. The van der Waals surface area contributed by atoms with Crippen molar-refractivity contribution in [3.05, 3.63) is 114 Å². The molecule has 0 radical (unpaired) electrons. The largest absolute Gasteiger partial charge is 0.497 e. The van der Waals surface area contributed by atoms with Crippen LogP contribution >= 0.6 is 0 Å². The van der Waals surface area contributed by atoms with E-state index in [1.165, 1.54) is 28.0 Å². The molecule has 9 nitrogen and oxygen atoms in total. The van der Waals surface area contributed by atoms with Crippen LogP contribution in [0.4, 0.5) is 11.4 Å². The van der Waals surface area contributed by atoms with E-state index in [0.717, 1.165) is 5.56 Å². The van der Waals surface area contributed by atoms with Crippen LogP contribution in [0.5, 0.6) is 11.5 Å². The molecule has 218 valence electrons. The van der Waals surface area contributed by atoms with Gasteiger partial charge in [0.2, 0.25) is 15.9 Å². The summed E-state index contributed by atoms with van der Waals surface area (Å²) in [5.41, 5.74) is 2.15. The average molecular weight is 588 g/mol. The van der Waals surface area contributed by atoms with E-state index < -0.39 is 27.9 Å². The highest BCUT2D eigenvalue weighted by atomic mass is 32.2. The fraction of sp³-hybridized carbons (Fsp3) is 0.188. The number of rotatable bonds is 11. The van der Waals surface area contributed by atoms with Gasteiger partial charge in [0, 0.05) is 31.0 Å². The Bertz CT molecular complexity index is 1630. The van der Waals surface area contributed by atoms with Crippen molar-refractivity contribution in [2.45, 2.75) is 17.4 Å². The molecule has 4 aromatic carbocycles. The van der Waals surface area contributed by atoms with Gasteiger partial charge in [-0.2, -0.15) is 4.72 Å². The van der Waals surface area contributed by atoms with Crippen LogP contribution in [0.3, 0.4) is 0 Å². The lowest BCUT2D eigenvalue weighted by Crippen LogP contribution is -2.48. The maximum absolute atomic E-state index is 13.7. The minimum atomic E-state index is -4.21. The number of carbonyl (C=O) groups is 2. The van der Waals surface area contributed by atoms with E-state index in [0.29, 0.717) is 22.9 Å². The van der Waals surface area contributed by atoms with Gasteiger partial charge in [-0.05, 0) is 78.7 Å². The normalized spacial score (nSPS) is 11.8. The Morgan fingerprint density at radius 1 is 0.738 bits per heavy atom. The maximum Gasteiger partial charge on any atom is 0.258 e. The summed E-state index contributed by atoms with van der Waals surface area (Å²) >= 11 is 0. The van der Waals surface area contributed by atoms with Crippen LogP contribution in [0.2, 0.25) is 0 Å². The summed E-state index contributed by atoms with van der Waals surface area (Å²) in [4.78, 5) is 29.6. The minimum Gasteiger partial charge on any atom is -0.497 e. The van der Waals surface area contributed by atoms with Crippen LogP contribution in [-0.2, 0) is 21.2 Å². The zero-order valence-corrected chi connectivity index (χ0v) is 24.7. The number of hydrogen-bond acceptors (Lipinski definition) is 6. The van der Waals surface area contributed by atoms with Gasteiger partial charge in [-0.25, -0.2) is 8.42 Å². The first-order valence-electron chi connectivity index (χ1n) is 13.1. The van der Waals surface area contributed by atoms with Crippen LogP contribution in [0.15, 0.2) is 108 Å². The molecule has 0 aliphatic heterocycles. The smallest absolute Gasteiger partial charge is 0.258 e. The van der Waals surface area contributed by atoms with Crippen LogP contribution in [0.25, 0.3) is 0 Å². The van der Waals surface area contributed by atoms with E-state index in [1.807, 2.05) is 30.3 Å². The molecule has 4 aromatic rings. The molecule has 0 saturated carbocycles. The lowest BCUT2D eigenvalue weighted by Gasteiger charge is -2.25. The highest BCUT2D eigenvalue weighted by Gasteiger charge is 2.29. The van der Waals surface area contributed by atoms with Gasteiger partial charge in [0.05, 0.1) is 19.1 Å². The third-order valence-corrected chi connectivity index (χ3v) is 8.29. The fourth-order valence-electron chi connectivity index (χ4n) is 4.36. The van der Waals surface area contributed by atoms with Gasteiger partial charge in [0.1, 0.15) is 17.5 Å². The van der Waals surface area contributed by atoms with E-state index in [-0.39, 0.29) is 16.9 Å². The second kappa shape index (κ2) is 13.3. The number of nitrogens with zero attached hydrogens (tertiary/aromatic N) is 2. The summed E-state index contributed by atoms with van der Waals surface area (Å²) in [6.07, 6.45) is 0.123. The molecule has 4 rings (SSSR count). The number of hydrogen-bond donors (Lipinski definition) is 1. The Hall–Kier alpha value is -4.67. The second-order valence-corrected chi connectivity index (χ2v) is 11.3. The molecule has 2 amide bonds. The number of amides is 2. The van der Waals surface area contributed by atoms with Crippen LogP contribution in [0, 0.1) is 0 Å². The van der Waals surface area contributed by atoms with Gasteiger partial charge < -0.3 is 19.3 Å². The van der Waals surface area contributed by atoms with Crippen LogP contribution in [0.1, 0.15) is 15.9 Å². The predicted molar refractivity (Wildman–Crippen MR) is 163 cm³/mol. The molecule has 1 atom stereocenters. The third kappa shape index (κ3) is 7.15. The molecule has 0 unspecified atom stereocenters. The first kappa shape index (κ1) is 30.3. The van der Waals surface area contributed by atoms with Gasteiger partial charge >= 0.3 is 0 Å². The van der Waals surface area contributed by atoms with Crippen LogP contribution < -0.4 is 24.0 Å². The molecule has 0 bridgehead atoms. The molecule has 1 N–H and O–H groups in total. The van der Waals surface area contributed by atoms with Crippen molar-refractivity contribution in [1.29, 1.82) is 0 Å². The SMILES string of the molecule is COc1ccc(N(C)C(=O)c2cccc(S(=O)(=O)N[C@@H](Cc3ccccc3)C(=O)N(C)c3ccc(OC)cc3)c2)cc1. The monoisotopic (exact) mass is 587 g/mol. The first-order valence-corrected chi connectivity index (χ1v) is 14.6. The van der Waals surface area contributed by atoms with Gasteiger partial charge in [-0.15, -0.1) is 0 Å². The van der Waals surface area contributed by atoms with Crippen molar-refractivity contribution in [2.24, 2.45) is 0 Å². The minimum absolute atomic E-state index is 0.123. The number of anilines is 2. The Morgan fingerprint density at radius 3 is 1.83 bits per heavy atom. The van der Waals surface area contributed by atoms with Gasteiger partial charge in [0.15, 0.2) is 0 Å². The van der Waals surface area contributed by atoms with Crippen molar-refractivity contribution in [2.75, 3.05) is 38.1 Å². The molecule has 42 heavy (non-hydrogen) atoms. The van der Waals surface area contributed by atoms with Crippen molar-refractivity contribution in [1.82, 2.24) is 4.72 Å². The summed E-state index contributed by atoms with van der Waals surface area (Å²) in [6.45, 7) is 0. The third-order valence-electron chi connectivity index (χ3n) is 6.82. The van der Waals surface area contributed by atoms with E-state index in [9.17, 15) is 18.0 Å². The number of benzene rings is 4. The lowest BCUT2D eigenvalue weighted by molar-refractivity contribution is -0.119.